The highest BCUT2D eigenvalue weighted by molar-refractivity contribution is 7.98. The van der Waals surface area contributed by atoms with Crippen molar-refractivity contribution in [1.29, 1.82) is 0 Å². The second-order valence-electron chi connectivity index (χ2n) is 7.70. The first kappa shape index (κ1) is 23.0. The molecule has 0 aliphatic rings. The summed E-state index contributed by atoms with van der Waals surface area (Å²) in [4.78, 5) is 27.7. The van der Waals surface area contributed by atoms with Gasteiger partial charge >= 0.3 is 0 Å². The van der Waals surface area contributed by atoms with Gasteiger partial charge in [-0.1, -0.05) is 18.2 Å². The molecule has 3 rings (SSSR count). The molecule has 0 aliphatic heterocycles. The highest BCUT2D eigenvalue weighted by Gasteiger charge is 2.17. The second kappa shape index (κ2) is 11.1. The maximum Gasteiger partial charge on any atom is 0.225 e. The van der Waals surface area contributed by atoms with Crippen LogP contribution in [0.15, 0.2) is 36.5 Å². The Kier molecular flexibility index (Phi) is 8.20. The van der Waals surface area contributed by atoms with Crippen molar-refractivity contribution in [1.82, 2.24) is 19.9 Å². The average molecular weight is 439 g/mol. The van der Waals surface area contributed by atoms with E-state index >= 15 is 0 Å². The summed E-state index contributed by atoms with van der Waals surface area (Å²) >= 11 is 1.74. The molecule has 8 heteroatoms. The van der Waals surface area contributed by atoms with Crippen LogP contribution < -0.4 is 10.6 Å². The van der Waals surface area contributed by atoms with Crippen LogP contribution in [0.1, 0.15) is 35.5 Å². The number of fused-ring (bicyclic) bond motifs is 1. The summed E-state index contributed by atoms with van der Waals surface area (Å²) in [5.41, 5.74) is 3.23. The number of nitrogens with zero attached hydrogens (tertiary/aromatic N) is 4. The van der Waals surface area contributed by atoms with E-state index in [2.05, 4.69) is 57.7 Å². The van der Waals surface area contributed by atoms with E-state index in [-0.39, 0.29) is 0 Å². The lowest BCUT2D eigenvalue weighted by Crippen LogP contribution is -2.27. The van der Waals surface area contributed by atoms with Crippen molar-refractivity contribution in [2.75, 3.05) is 36.2 Å². The summed E-state index contributed by atoms with van der Waals surface area (Å²) in [7, 11) is 2.03. The van der Waals surface area contributed by atoms with Crippen LogP contribution in [-0.2, 0) is 13.1 Å². The molecule has 0 spiro atoms. The summed E-state index contributed by atoms with van der Waals surface area (Å²) in [6.07, 6.45) is 4.73. The number of nitrogens with one attached hydrogen (secondary N) is 2. The molecular weight excluding hydrogens is 408 g/mol. The van der Waals surface area contributed by atoms with Gasteiger partial charge in [0.15, 0.2) is 6.29 Å². The van der Waals surface area contributed by atoms with E-state index in [0.717, 1.165) is 40.6 Å². The maximum absolute atomic E-state index is 11.9. The molecule has 0 aliphatic carbocycles. The van der Waals surface area contributed by atoms with E-state index in [1.807, 2.05) is 31.4 Å². The molecule has 2 N–H and O–H groups in total. The zero-order chi connectivity index (χ0) is 22.2. The summed E-state index contributed by atoms with van der Waals surface area (Å²) < 4.78 is 0. The SMILES string of the molecule is CSCCNc1nc(C=O)c(CN(C)C(C)C)c(NCc2cnc3ccccc3c2)n1. The molecule has 7 nitrogen and oxygen atoms in total. The molecule has 0 unspecified atom stereocenters. The van der Waals surface area contributed by atoms with Crippen LogP contribution in [0.25, 0.3) is 10.9 Å². The predicted molar refractivity (Wildman–Crippen MR) is 130 cm³/mol. The Bertz CT molecular complexity index is 1030. The first-order valence-electron chi connectivity index (χ1n) is 10.4. The fraction of sp³-hybridized carbons (Fsp3) is 0.391. The van der Waals surface area contributed by atoms with Crippen molar-refractivity contribution in [2.24, 2.45) is 0 Å². The number of para-hydroxylation sites is 1. The lowest BCUT2D eigenvalue weighted by atomic mass is 10.1. The van der Waals surface area contributed by atoms with E-state index < -0.39 is 0 Å². The average Bonchev–Trinajstić information content (AvgIpc) is 2.78. The number of hydrogen-bond acceptors (Lipinski definition) is 8. The van der Waals surface area contributed by atoms with E-state index in [4.69, 9.17) is 4.98 Å². The largest absolute Gasteiger partial charge is 0.365 e. The van der Waals surface area contributed by atoms with Gasteiger partial charge in [0.05, 0.1) is 5.52 Å². The third kappa shape index (κ3) is 6.15. The molecule has 0 saturated carbocycles. The van der Waals surface area contributed by atoms with Gasteiger partial charge in [0.25, 0.3) is 0 Å². The minimum absolute atomic E-state index is 0.330. The summed E-state index contributed by atoms with van der Waals surface area (Å²) in [6, 6.07) is 10.5. The Labute approximate surface area is 188 Å². The molecule has 0 saturated heterocycles. The van der Waals surface area contributed by atoms with Crippen molar-refractivity contribution in [3.05, 3.63) is 53.3 Å². The van der Waals surface area contributed by atoms with Crippen LogP contribution >= 0.6 is 11.8 Å². The van der Waals surface area contributed by atoms with Gasteiger partial charge in [0, 0.05) is 48.6 Å². The predicted octanol–water partition coefficient (Wildman–Crippen LogP) is 4.06. The van der Waals surface area contributed by atoms with Gasteiger partial charge in [-0.2, -0.15) is 16.7 Å². The molecular formula is C23H30N6OS. The van der Waals surface area contributed by atoms with E-state index in [1.54, 1.807) is 11.8 Å². The Hall–Kier alpha value is -2.71. The number of pyridine rings is 1. The van der Waals surface area contributed by atoms with Gasteiger partial charge in [0.2, 0.25) is 5.95 Å². The van der Waals surface area contributed by atoms with Gasteiger partial charge in [0.1, 0.15) is 11.5 Å². The molecule has 2 heterocycles. The van der Waals surface area contributed by atoms with E-state index in [1.165, 1.54) is 0 Å². The monoisotopic (exact) mass is 438 g/mol. The lowest BCUT2D eigenvalue weighted by Gasteiger charge is -2.23. The molecule has 3 aromatic rings. The molecule has 2 aromatic heterocycles. The Balaban J connectivity index is 1.89. The van der Waals surface area contributed by atoms with Crippen molar-refractivity contribution in [3.63, 3.8) is 0 Å². The number of benzene rings is 1. The first-order chi connectivity index (χ1) is 15.0. The molecule has 0 bridgehead atoms. The van der Waals surface area contributed by atoms with Crippen LogP contribution in [0.5, 0.6) is 0 Å². The van der Waals surface area contributed by atoms with Crippen LogP contribution in [-0.4, -0.2) is 57.8 Å². The van der Waals surface area contributed by atoms with Crippen LogP contribution in [0, 0.1) is 0 Å². The molecule has 0 atom stereocenters. The van der Waals surface area contributed by atoms with Crippen LogP contribution in [0.2, 0.25) is 0 Å². The quantitative estimate of drug-likeness (QED) is 0.342. The number of aromatic nitrogens is 3. The van der Waals surface area contributed by atoms with Gasteiger partial charge in [-0.25, -0.2) is 4.98 Å². The van der Waals surface area contributed by atoms with Crippen molar-refractivity contribution in [3.8, 4) is 0 Å². The lowest BCUT2D eigenvalue weighted by molar-refractivity contribution is 0.111. The standard InChI is InChI=1S/C23H30N6OS/c1-16(2)29(3)14-19-21(15-30)27-23(24-9-10-31-4)28-22(19)26-13-17-11-18-7-5-6-8-20(18)25-12-17/h5-8,11-12,15-16H,9-10,13-14H2,1-4H3,(H2,24,26,27,28). The molecule has 31 heavy (non-hydrogen) atoms. The minimum Gasteiger partial charge on any atom is -0.365 e. The summed E-state index contributed by atoms with van der Waals surface area (Å²) in [6.45, 7) is 6.10. The number of hydrogen-bond donors (Lipinski definition) is 2. The highest BCUT2D eigenvalue weighted by Crippen LogP contribution is 2.22. The van der Waals surface area contributed by atoms with Crippen molar-refractivity contribution in [2.45, 2.75) is 33.0 Å². The molecule has 0 amide bonds. The zero-order valence-electron chi connectivity index (χ0n) is 18.6. The third-order valence-corrected chi connectivity index (χ3v) is 5.75. The smallest absolute Gasteiger partial charge is 0.225 e. The van der Waals surface area contributed by atoms with E-state index in [0.29, 0.717) is 36.6 Å². The van der Waals surface area contributed by atoms with Gasteiger partial charge in [-0.15, -0.1) is 0 Å². The highest BCUT2D eigenvalue weighted by atomic mass is 32.2. The number of anilines is 2. The normalized spacial score (nSPS) is 11.3. The second-order valence-corrected chi connectivity index (χ2v) is 8.68. The maximum atomic E-state index is 11.9. The van der Waals surface area contributed by atoms with Crippen LogP contribution in [0.3, 0.4) is 0 Å². The third-order valence-electron chi connectivity index (χ3n) is 5.14. The fourth-order valence-electron chi connectivity index (χ4n) is 3.08. The van der Waals surface area contributed by atoms with Gasteiger partial charge < -0.3 is 10.6 Å². The zero-order valence-corrected chi connectivity index (χ0v) is 19.4. The topological polar surface area (TPSA) is 83.0 Å². The van der Waals surface area contributed by atoms with Gasteiger partial charge in [-0.05, 0) is 44.8 Å². The van der Waals surface area contributed by atoms with Crippen LogP contribution in [0.4, 0.5) is 11.8 Å². The minimum atomic E-state index is 0.330. The number of rotatable bonds is 11. The summed E-state index contributed by atoms with van der Waals surface area (Å²) in [5, 5.41) is 7.74. The molecule has 1 aromatic carbocycles. The Morgan fingerprint density at radius 3 is 2.74 bits per heavy atom. The Morgan fingerprint density at radius 1 is 1.19 bits per heavy atom. The molecule has 164 valence electrons. The first-order valence-corrected chi connectivity index (χ1v) is 11.8. The van der Waals surface area contributed by atoms with Crippen molar-refractivity contribution >= 4 is 40.7 Å². The number of thioether (sulfide) groups is 1. The number of aldehydes is 1. The molecule has 0 fully saturated rings. The number of carbonyl (C=O) groups excluding carboxylic acids is 1. The fourth-order valence-corrected chi connectivity index (χ4v) is 3.38. The summed E-state index contributed by atoms with van der Waals surface area (Å²) in [5.74, 6) is 2.07. The number of carbonyl (C=O) groups is 1. The molecule has 0 radical (unpaired) electrons. The van der Waals surface area contributed by atoms with Crippen molar-refractivity contribution < 1.29 is 4.79 Å². The Morgan fingerprint density at radius 2 is 2.00 bits per heavy atom. The van der Waals surface area contributed by atoms with Gasteiger partial charge in [-0.3, -0.25) is 14.7 Å². The van der Waals surface area contributed by atoms with E-state index in [9.17, 15) is 4.79 Å².